The van der Waals surface area contributed by atoms with E-state index in [1.807, 2.05) is 0 Å². The summed E-state index contributed by atoms with van der Waals surface area (Å²) >= 11 is 0. The van der Waals surface area contributed by atoms with E-state index in [9.17, 15) is 4.79 Å². The molecule has 3 aliphatic rings. The Morgan fingerprint density at radius 1 is 1.29 bits per heavy atom. The Labute approximate surface area is 104 Å². The zero-order valence-corrected chi connectivity index (χ0v) is 10.8. The average molecular weight is 236 g/mol. The molecule has 17 heavy (non-hydrogen) atoms. The number of hydrogen-bond acceptors (Lipinski definition) is 2. The van der Waals surface area contributed by atoms with Crippen molar-refractivity contribution in [3.63, 3.8) is 0 Å². The number of hydrogen-bond donors (Lipinski definition) is 1. The maximum absolute atomic E-state index is 12.4. The lowest BCUT2D eigenvalue weighted by molar-refractivity contribution is -0.133. The summed E-state index contributed by atoms with van der Waals surface area (Å²) in [5.41, 5.74) is 0. The van der Waals surface area contributed by atoms with Gasteiger partial charge in [0.25, 0.3) is 0 Å². The third kappa shape index (κ3) is 2.65. The standard InChI is InChI=1S/C14H24N2O/c1-10-8-13(10)14(17)16(12-5-6-12)9-11-4-2-3-7-15-11/h10-13,15H,2-9H2,1H3. The van der Waals surface area contributed by atoms with E-state index in [1.54, 1.807) is 0 Å². The van der Waals surface area contributed by atoms with Crippen LogP contribution in [0.5, 0.6) is 0 Å². The van der Waals surface area contributed by atoms with E-state index in [0.717, 1.165) is 19.5 Å². The Morgan fingerprint density at radius 2 is 2.06 bits per heavy atom. The number of piperidine rings is 1. The zero-order valence-electron chi connectivity index (χ0n) is 10.8. The molecule has 3 fully saturated rings. The van der Waals surface area contributed by atoms with Crippen LogP contribution < -0.4 is 5.32 Å². The van der Waals surface area contributed by atoms with E-state index < -0.39 is 0 Å². The molecule has 0 aromatic heterocycles. The molecule has 0 spiro atoms. The Hall–Kier alpha value is -0.570. The van der Waals surface area contributed by atoms with Crippen molar-refractivity contribution in [3.8, 4) is 0 Å². The Bertz CT molecular complexity index is 295. The van der Waals surface area contributed by atoms with Gasteiger partial charge in [-0.25, -0.2) is 0 Å². The van der Waals surface area contributed by atoms with Gasteiger partial charge in [0.2, 0.25) is 5.91 Å². The molecule has 1 heterocycles. The minimum Gasteiger partial charge on any atom is -0.338 e. The second kappa shape index (κ2) is 4.60. The van der Waals surface area contributed by atoms with Gasteiger partial charge in [-0.05, 0) is 44.6 Å². The van der Waals surface area contributed by atoms with Crippen molar-refractivity contribution in [3.05, 3.63) is 0 Å². The minimum atomic E-state index is 0.360. The van der Waals surface area contributed by atoms with E-state index in [-0.39, 0.29) is 0 Å². The molecule has 1 aliphatic heterocycles. The second-order valence-electron chi connectivity index (χ2n) is 6.19. The third-order valence-electron chi connectivity index (χ3n) is 4.53. The molecule has 0 aromatic rings. The first kappa shape index (κ1) is 11.5. The molecule has 0 bridgehead atoms. The molecule has 3 atom stereocenters. The first-order valence-corrected chi connectivity index (χ1v) is 7.29. The van der Waals surface area contributed by atoms with Gasteiger partial charge in [-0.15, -0.1) is 0 Å². The van der Waals surface area contributed by atoms with Crippen molar-refractivity contribution in [2.24, 2.45) is 11.8 Å². The van der Waals surface area contributed by atoms with Crippen LogP contribution in [0.2, 0.25) is 0 Å². The molecule has 3 nitrogen and oxygen atoms in total. The zero-order chi connectivity index (χ0) is 11.8. The van der Waals surface area contributed by atoms with Crippen LogP contribution in [-0.2, 0) is 4.79 Å². The number of amides is 1. The van der Waals surface area contributed by atoms with Gasteiger partial charge < -0.3 is 10.2 Å². The van der Waals surface area contributed by atoms with Crippen molar-refractivity contribution in [2.75, 3.05) is 13.1 Å². The molecule has 1 amide bonds. The molecule has 2 aliphatic carbocycles. The van der Waals surface area contributed by atoms with Crippen LogP contribution in [0.4, 0.5) is 0 Å². The highest BCUT2D eigenvalue weighted by atomic mass is 16.2. The molecule has 3 rings (SSSR count). The van der Waals surface area contributed by atoms with Gasteiger partial charge in [0.05, 0.1) is 0 Å². The highest BCUT2D eigenvalue weighted by Gasteiger charge is 2.45. The quantitative estimate of drug-likeness (QED) is 0.807. The van der Waals surface area contributed by atoms with Gasteiger partial charge >= 0.3 is 0 Å². The van der Waals surface area contributed by atoms with Gasteiger partial charge in [0.15, 0.2) is 0 Å². The van der Waals surface area contributed by atoms with E-state index >= 15 is 0 Å². The number of carbonyl (C=O) groups is 1. The van der Waals surface area contributed by atoms with Gasteiger partial charge in [-0.3, -0.25) is 4.79 Å². The molecule has 0 aromatic carbocycles. The molecule has 1 N–H and O–H groups in total. The van der Waals surface area contributed by atoms with Gasteiger partial charge in [0.1, 0.15) is 0 Å². The van der Waals surface area contributed by atoms with Crippen molar-refractivity contribution < 1.29 is 4.79 Å². The van der Waals surface area contributed by atoms with Gasteiger partial charge in [-0.2, -0.15) is 0 Å². The summed E-state index contributed by atoms with van der Waals surface area (Å²) in [4.78, 5) is 14.6. The van der Waals surface area contributed by atoms with E-state index in [2.05, 4.69) is 17.1 Å². The number of nitrogens with zero attached hydrogens (tertiary/aromatic N) is 1. The Kier molecular flexibility index (Phi) is 3.12. The third-order valence-corrected chi connectivity index (χ3v) is 4.53. The normalized spacial score (nSPS) is 36.6. The Morgan fingerprint density at radius 3 is 2.59 bits per heavy atom. The van der Waals surface area contributed by atoms with Crippen molar-refractivity contribution >= 4 is 5.91 Å². The molecule has 3 heteroatoms. The molecular formula is C14H24N2O. The maximum atomic E-state index is 12.4. The largest absolute Gasteiger partial charge is 0.338 e. The number of carbonyl (C=O) groups excluding carboxylic acids is 1. The second-order valence-corrected chi connectivity index (χ2v) is 6.19. The number of rotatable bonds is 4. The highest BCUT2D eigenvalue weighted by Crippen LogP contribution is 2.41. The summed E-state index contributed by atoms with van der Waals surface area (Å²) in [5.74, 6) is 1.45. The monoisotopic (exact) mass is 236 g/mol. The van der Waals surface area contributed by atoms with Crippen LogP contribution in [0.3, 0.4) is 0 Å². The molecule has 1 saturated heterocycles. The Balaban J connectivity index is 1.57. The van der Waals surface area contributed by atoms with Crippen molar-refractivity contribution in [2.45, 2.75) is 57.5 Å². The number of nitrogens with one attached hydrogen (secondary N) is 1. The molecule has 3 unspecified atom stereocenters. The fourth-order valence-corrected chi connectivity index (χ4v) is 3.00. The summed E-state index contributed by atoms with van der Waals surface area (Å²) in [6.45, 7) is 4.30. The lowest BCUT2D eigenvalue weighted by Gasteiger charge is -2.31. The predicted octanol–water partition coefficient (Wildman–Crippen LogP) is 1.78. The first-order chi connectivity index (χ1) is 8.25. The van der Waals surface area contributed by atoms with E-state index in [0.29, 0.717) is 29.8 Å². The van der Waals surface area contributed by atoms with E-state index in [1.165, 1.54) is 32.1 Å². The molecule has 96 valence electrons. The van der Waals surface area contributed by atoms with Crippen LogP contribution >= 0.6 is 0 Å². The van der Waals surface area contributed by atoms with Crippen LogP contribution in [-0.4, -0.2) is 36.0 Å². The molecule has 0 radical (unpaired) electrons. The summed E-state index contributed by atoms with van der Waals surface area (Å²) < 4.78 is 0. The predicted molar refractivity (Wildman–Crippen MR) is 67.6 cm³/mol. The highest BCUT2D eigenvalue weighted by molar-refractivity contribution is 5.82. The van der Waals surface area contributed by atoms with Crippen LogP contribution in [0, 0.1) is 11.8 Å². The average Bonchev–Trinajstić information content (AvgIpc) is 3.22. The van der Waals surface area contributed by atoms with Gasteiger partial charge in [0, 0.05) is 24.5 Å². The SMILES string of the molecule is CC1CC1C(=O)N(CC1CCCCN1)C1CC1. The first-order valence-electron chi connectivity index (χ1n) is 7.29. The lowest BCUT2D eigenvalue weighted by atomic mass is 10.0. The minimum absolute atomic E-state index is 0.360. The van der Waals surface area contributed by atoms with Crippen LogP contribution in [0.1, 0.15) is 45.4 Å². The van der Waals surface area contributed by atoms with Crippen molar-refractivity contribution in [1.82, 2.24) is 10.2 Å². The summed E-state index contributed by atoms with van der Waals surface area (Å²) in [6, 6.07) is 1.14. The van der Waals surface area contributed by atoms with E-state index in [4.69, 9.17) is 0 Å². The van der Waals surface area contributed by atoms with Crippen LogP contribution in [0.15, 0.2) is 0 Å². The summed E-state index contributed by atoms with van der Waals surface area (Å²) in [7, 11) is 0. The fraction of sp³-hybridized carbons (Fsp3) is 0.929. The molecular weight excluding hydrogens is 212 g/mol. The summed E-state index contributed by atoms with van der Waals surface area (Å²) in [5, 5.41) is 3.56. The molecule has 2 saturated carbocycles. The fourth-order valence-electron chi connectivity index (χ4n) is 3.00. The van der Waals surface area contributed by atoms with Crippen molar-refractivity contribution in [1.29, 1.82) is 0 Å². The maximum Gasteiger partial charge on any atom is 0.226 e. The smallest absolute Gasteiger partial charge is 0.226 e. The topological polar surface area (TPSA) is 32.3 Å². The summed E-state index contributed by atoms with van der Waals surface area (Å²) in [6.07, 6.45) is 7.47. The van der Waals surface area contributed by atoms with Crippen LogP contribution in [0.25, 0.3) is 0 Å². The van der Waals surface area contributed by atoms with Gasteiger partial charge in [-0.1, -0.05) is 13.3 Å². The lowest BCUT2D eigenvalue weighted by Crippen LogP contribution is -2.47.